The number of anilines is 2. The maximum Gasteiger partial charge on any atom is 0.243 e. The van der Waals surface area contributed by atoms with Gasteiger partial charge in [-0.1, -0.05) is 25.1 Å². The number of amides is 1. The lowest BCUT2D eigenvalue weighted by molar-refractivity contribution is -0.114. The van der Waals surface area contributed by atoms with Crippen LogP contribution in [0.2, 0.25) is 0 Å². The van der Waals surface area contributed by atoms with Gasteiger partial charge >= 0.3 is 0 Å². The first-order valence-electron chi connectivity index (χ1n) is 6.42. The van der Waals surface area contributed by atoms with E-state index >= 15 is 0 Å². The molecular weight excluding hydrogens is 318 g/mol. The minimum absolute atomic E-state index is 0.0874. The quantitative estimate of drug-likeness (QED) is 0.880. The Hall–Kier alpha value is -1.88. The van der Waals surface area contributed by atoms with E-state index in [0.29, 0.717) is 5.82 Å². The molecule has 1 heterocycles. The number of nitrogens with zero attached hydrogens (tertiary/aromatic N) is 1. The number of carbonyl (C=O) groups is 1. The van der Waals surface area contributed by atoms with Gasteiger partial charge in [-0.25, -0.2) is 4.98 Å². The van der Waals surface area contributed by atoms with Crippen molar-refractivity contribution in [3.8, 4) is 0 Å². The second-order valence-electron chi connectivity index (χ2n) is 4.27. The molecule has 0 aliphatic carbocycles. The minimum atomic E-state index is -0.0874. The summed E-state index contributed by atoms with van der Waals surface area (Å²) in [5.74, 6) is 0.586. The molecule has 0 saturated heterocycles. The molecule has 1 amide bonds. The highest BCUT2D eigenvalue weighted by atomic mass is 79.9. The largest absolute Gasteiger partial charge is 0.361 e. The van der Waals surface area contributed by atoms with Gasteiger partial charge < -0.3 is 10.6 Å². The van der Waals surface area contributed by atoms with Crippen LogP contribution in [-0.2, 0) is 11.2 Å². The maximum atomic E-state index is 11.9. The van der Waals surface area contributed by atoms with Crippen LogP contribution in [0.5, 0.6) is 0 Å². The lowest BCUT2D eigenvalue weighted by atomic mass is 10.1. The maximum absolute atomic E-state index is 11.9. The highest BCUT2D eigenvalue weighted by Crippen LogP contribution is 2.15. The van der Waals surface area contributed by atoms with Gasteiger partial charge in [0, 0.05) is 16.4 Å². The minimum Gasteiger partial charge on any atom is -0.361 e. The van der Waals surface area contributed by atoms with Crippen LogP contribution in [0.1, 0.15) is 12.5 Å². The van der Waals surface area contributed by atoms with Gasteiger partial charge in [0.15, 0.2) is 0 Å². The Labute approximate surface area is 126 Å². The Morgan fingerprint density at radius 2 is 2.05 bits per heavy atom. The second-order valence-corrected chi connectivity index (χ2v) is 5.19. The van der Waals surface area contributed by atoms with Crippen LogP contribution in [0.3, 0.4) is 0 Å². The van der Waals surface area contributed by atoms with Crippen LogP contribution in [0, 0.1) is 0 Å². The third kappa shape index (κ3) is 4.06. The molecular formula is C15H16BrN3O. The summed E-state index contributed by atoms with van der Waals surface area (Å²) in [6, 6.07) is 11.5. The summed E-state index contributed by atoms with van der Waals surface area (Å²) in [4.78, 5) is 16.1. The molecule has 0 spiro atoms. The Bertz CT molecular complexity index is 584. The van der Waals surface area contributed by atoms with Crippen LogP contribution in [0.15, 0.2) is 47.1 Å². The average Bonchev–Trinajstić information content (AvgIpc) is 2.47. The fraction of sp³-hybridized carbons (Fsp3) is 0.200. The number of nitrogens with one attached hydrogen (secondary N) is 2. The Morgan fingerprint density at radius 3 is 2.75 bits per heavy atom. The number of hydrogen-bond donors (Lipinski definition) is 2. The highest BCUT2D eigenvalue weighted by molar-refractivity contribution is 9.10. The molecule has 0 aliphatic rings. The molecule has 0 unspecified atom stereocenters. The number of aryl methyl sites for hydroxylation is 1. The summed E-state index contributed by atoms with van der Waals surface area (Å²) >= 11 is 3.32. The third-order valence-electron chi connectivity index (χ3n) is 2.83. The van der Waals surface area contributed by atoms with E-state index < -0.39 is 0 Å². The number of carbonyl (C=O) groups excluding carboxylic acids is 1. The first-order chi connectivity index (χ1) is 9.69. The standard InChI is InChI=1S/C15H16BrN3O/c1-2-11-5-3-4-6-13(11)19-15(20)10-18-14-8-7-12(16)9-17-14/h3-9H,2,10H2,1H3,(H,17,18)(H,19,20). The van der Waals surface area contributed by atoms with Crippen molar-refractivity contribution >= 4 is 33.3 Å². The molecule has 0 bridgehead atoms. The fourth-order valence-electron chi connectivity index (χ4n) is 1.80. The van der Waals surface area contributed by atoms with E-state index in [9.17, 15) is 4.79 Å². The van der Waals surface area contributed by atoms with Crippen molar-refractivity contribution in [2.24, 2.45) is 0 Å². The van der Waals surface area contributed by atoms with Crippen LogP contribution < -0.4 is 10.6 Å². The second kappa shape index (κ2) is 7.05. The zero-order valence-corrected chi connectivity index (χ0v) is 12.8. The number of halogens is 1. The molecule has 1 aromatic heterocycles. The van der Waals surface area contributed by atoms with Crippen LogP contribution in [0.25, 0.3) is 0 Å². The van der Waals surface area contributed by atoms with Crippen LogP contribution in [-0.4, -0.2) is 17.4 Å². The number of pyridine rings is 1. The van der Waals surface area contributed by atoms with Crippen LogP contribution in [0.4, 0.5) is 11.5 Å². The zero-order chi connectivity index (χ0) is 14.4. The SMILES string of the molecule is CCc1ccccc1NC(=O)CNc1ccc(Br)cn1. The van der Waals surface area contributed by atoms with Crippen molar-refractivity contribution in [3.63, 3.8) is 0 Å². The van der Waals surface area contributed by atoms with E-state index in [1.165, 1.54) is 0 Å². The predicted molar refractivity (Wildman–Crippen MR) is 84.9 cm³/mol. The van der Waals surface area contributed by atoms with E-state index in [0.717, 1.165) is 22.1 Å². The van der Waals surface area contributed by atoms with Gasteiger partial charge in [-0.2, -0.15) is 0 Å². The van der Waals surface area contributed by atoms with Gasteiger partial charge in [-0.15, -0.1) is 0 Å². The number of benzene rings is 1. The first kappa shape index (κ1) is 14.5. The third-order valence-corrected chi connectivity index (χ3v) is 3.30. The Balaban J connectivity index is 1.91. The molecule has 2 rings (SSSR count). The topological polar surface area (TPSA) is 54.0 Å². The number of aromatic nitrogens is 1. The smallest absolute Gasteiger partial charge is 0.243 e. The van der Waals surface area contributed by atoms with Crippen molar-refractivity contribution < 1.29 is 4.79 Å². The van der Waals surface area contributed by atoms with Crippen molar-refractivity contribution in [3.05, 3.63) is 52.6 Å². The van der Waals surface area contributed by atoms with Crippen molar-refractivity contribution in [1.29, 1.82) is 0 Å². The summed E-state index contributed by atoms with van der Waals surface area (Å²) in [6.07, 6.45) is 2.57. The molecule has 0 aliphatic heterocycles. The molecule has 4 nitrogen and oxygen atoms in total. The summed E-state index contributed by atoms with van der Waals surface area (Å²) in [5.41, 5.74) is 1.99. The lowest BCUT2D eigenvalue weighted by Crippen LogP contribution is -2.22. The molecule has 2 aromatic rings. The first-order valence-corrected chi connectivity index (χ1v) is 7.21. The van der Waals surface area contributed by atoms with Gasteiger partial charge in [0.1, 0.15) is 5.82 Å². The number of para-hydroxylation sites is 1. The monoisotopic (exact) mass is 333 g/mol. The van der Waals surface area contributed by atoms with E-state index in [-0.39, 0.29) is 12.5 Å². The van der Waals surface area contributed by atoms with Crippen LogP contribution >= 0.6 is 15.9 Å². The Kier molecular flexibility index (Phi) is 5.12. The highest BCUT2D eigenvalue weighted by Gasteiger charge is 2.05. The van der Waals surface area contributed by atoms with E-state index in [2.05, 4.69) is 38.5 Å². The summed E-state index contributed by atoms with van der Waals surface area (Å²) < 4.78 is 0.907. The summed E-state index contributed by atoms with van der Waals surface area (Å²) in [6.45, 7) is 2.25. The number of rotatable bonds is 5. The number of hydrogen-bond acceptors (Lipinski definition) is 3. The normalized spacial score (nSPS) is 10.1. The Morgan fingerprint density at radius 1 is 1.25 bits per heavy atom. The van der Waals surface area contributed by atoms with Gasteiger partial charge in [0.05, 0.1) is 6.54 Å². The van der Waals surface area contributed by atoms with E-state index in [1.54, 1.807) is 6.20 Å². The summed E-state index contributed by atoms with van der Waals surface area (Å²) in [7, 11) is 0. The molecule has 0 saturated carbocycles. The summed E-state index contributed by atoms with van der Waals surface area (Å²) in [5, 5.41) is 5.89. The fourth-order valence-corrected chi connectivity index (χ4v) is 2.03. The molecule has 1 aromatic carbocycles. The molecule has 0 fully saturated rings. The lowest BCUT2D eigenvalue weighted by Gasteiger charge is -2.10. The van der Waals surface area contributed by atoms with Crippen molar-refractivity contribution in [2.75, 3.05) is 17.2 Å². The van der Waals surface area contributed by atoms with Gasteiger partial charge in [-0.3, -0.25) is 4.79 Å². The molecule has 20 heavy (non-hydrogen) atoms. The molecule has 2 N–H and O–H groups in total. The molecule has 5 heteroatoms. The van der Waals surface area contributed by atoms with E-state index in [4.69, 9.17) is 0 Å². The van der Waals surface area contributed by atoms with Gasteiger partial charge in [0.2, 0.25) is 5.91 Å². The van der Waals surface area contributed by atoms with Gasteiger partial charge in [0.25, 0.3) is 0 Å². The molecule has 0 radical (unpaired) electrons. The van der Waals surface area contributed by atoms with Crippen molar-refractivity contribution in [1.82, 2.24) is 4.98 Å². The predicted octanol–water partition coefficient (Wildman–Crippen LogP) is 3.46. The average molecular weight is 334 g/mol. The molecule has 0 atom stereocenters. The van der Waals surface area contributed by atoms with Crippen molar-refractivity contribution in [2.45, 2.75) is 13.3 Å². The molecule has 104 valence electrons. The van der Waals surface area contributed by atoms with Gasteiger partial charge in [-0.05, 0) is 46.1 Å². The zero-order valence-electron chi connectivity index (χ0n) is 11.2. The van der Waals surface area contributed by atoms with E-state index in [1.807, 2.05) is 36.4 Å².